The van der Waals surface area contributed by atoms with Crippen molar-refractivity contribution in [2.75, 3.05) is 13.2 Å². The summed E-state index contributed by atoms with van der Waals surface area (Å²) in [5.41, 5.74) is 0. The molecule has 0 aliphatic heterocycles. The van der Waals surface area contributed by atoms with Crippen LogP contribution in [0, 0.1) is 0 Å². The number of hydrogen-bond donors (Lipinski definition) is 0. The molecule has 390 valence electrons. The number of allylic oxidation sites excluding steroid dienone is 2. The molecule has 0 aliphatic rings. The van der Waals surface area contributed by atoms with E-state index < -0.39 is 6.10 Å². The van der Waals surface area contributed by atoms with E-state index in [0.717, 1.165) is 64.2 Å². The second-order valence-electron chi connectivity index (χ2n) is 20.3. The largest absolute Gasteiger partial charge is 0.462 e. The van der Waals surface area contributed by atoms with Gasteiger partial charge in [0, 0.05) is 19.3 Å². The van der Waals surface area contributed by atoms with Crippen LogP contribution in [-0.2, 0) is 28.6 Å². The molecule has 6 nitrogen and oxygen atoms in total. The molecule has 0 radical (unpaired) electrons. The van der Waals surface area contributed by atoms with E-state index in [4.69, 9.17) is 14.2 Å². The molecule has 6 heteroatoms. The van der Waals surface area contributed by atoms with Crippen LogP contribution in [0.25, 0.3) is 0 Å². The maximum absolute atomic E-state index is 12.8. The summed E-state index contributed by atoms with van der Waals surface area (Å²) in [7, 11) is 0. The van der Waals surface area contributed by atoms with Crippen molar-refractivity contribution < 1.29 is 28.6 Å². The van der Waals surface area contributed by atoms with Gasteiger partial charge in [-0.3, -0.25) is 14.4 Å². The molecule has 1 atom stereocenters. The topological polar surface area (TPSA) is 78.9 Å². The predicted octanol–water partition coefficient (Wildman–Crippen LogP) is 19.7. The summed E-state index contributed by atoms with van der Waals surface area (Å²) in [5.74, 6) is -0.851. The minimum Gasteiger partial charge on any atom is -0.462 e. The molecule has 0 aromatic rings. The lowest BCUT2D eigenvalue weighted by Crippen LogP contribution is -2.30. The van der Waals surface area contributed by atoms with Crippen LogP contribution in [0.4, 0.5) is 0 Å². The highest BCUT2D eigenvalue weighted by molar-refractivity contribution is 5.71. The van der Waals surface area contributed by atoms with Crippen LogP contribution < -0.4 is 0 Å². The molecule has 0 N–H and O–H groups in total. The molecule has 0 rings (SSSR count). The quantitative estimate of drug-likeness (QED) is 0.0262. The minimum absolute atomic E-state index is 0.0665. The van der Waals surface area contributed by atoms with E-state index in [-0.39, 0.29) is 31.1 Å². The summed E-state index contributed by atoms with van der Waals surface area (Å²) in [5, 5.41) is 0. The molecule has 0 heterocycles. The lowest BCUT2D eigenvalue weighted by molar-refractivity contribution is -0.167. The zero-order valence-corrected chi connectivity index (χ0v) is 44.7. The first-order valence-corrected chi connectivity index (χ1v) is 29.7. The maximum atomic E-state index is 12.8. The molecule has 0 saturated heterocycles. The van der Waals surface area contributed by atoms with E-state index in [2.05, 4.69) is 32.9 Å². The number of hydrogen-bond acceptors (Lipinski definition) is 6. The Hall–Kier alpha value is -1.85. The van der Waals surface area contributed by atoms with Crippen LogP contribution in [0.2, 0.25) is 0 Å². The van der Waals surface area contributed by atoms with Crippen LogP contribution in [-0.4, -0.2) is 37.2 Å². The summed E-state index contributed by atoms with van der Waals surface area (Å²) < 4.78 is 16.9. The average molecular weight is 932 g/mol. The number of unbranched alkanes of at least 4 members (excludes halogenated alkanes) is 42. The highest BCUT2D eigenvalue weighted by Crippen LogP contribution is 2.17. The van der Waals surface area contributed by atoms with Crippen molar-refractivity contribution in [3.8, 4) is 0 Å². The van der Waals surface area contributed by atoms with Gasteiger partial charge in [-0.15, -0.1) is 0 Å². The second-order valence-corrected chi connectivity index (χ2v) is 20.3. The van der Waals surface area contributed by atoms with Gasteiger partial charge < -0.3 is 14.2 Å². The molecule has 0 bridgehead atoms. The van der Waals surface area contributed by atoms with Crippen LogP contribution in [0.3, 0.4) is 0 Å². The number of rotatable bonds is 55. The highest BCUT2D eigenvalue weighted by atomic mass is 16.6. The average Bonchev–Trinajstić information content (AvgIpc) is 3.31. The predicted molar refractivity (Wildman–Crippen MR) is 284 cm³/mol. The molecule has 0 aliphatic carbocycles. The van der Waals surface area contributed by atoms with Crippen LogP contribution in [0.15, 0.2) is 12.2 Å². The van der Waals surface area contributed by atoms with Crippen molar-refractivity contribution >= 4 is 17.9 Å². The van der Waals surface area contributed by atoms with E-state index in [1.807, 2.05) is 0 Å². The third-order valence-corrected chi connectivity index (χ3v) is 13.5. The van der Waals surface area contributed by atoms with E-state index >= 15 is 0 Å². The Kier molecular flexibility index (Phi) is 54.2. The van der Waals surface area contributed by atoms with Crippen molar-refractivity contribution in [3.05, 3.63) is 12.2 Å². The third-order valence-electron chi connectivity index (χ3n) is 13.5. The minimum atomic E-state index is -0.767. The first-order valence-electron chi connectivity index (χ1n) is 29.7. The van der Waals surface area contributed by atoms with Gasteiger partial charge >= 0.3 is 17.9 Å². The van der Waals surface area contributed by atoms with Gasteiger partial charge in [0.2, 0.25) is 0 Å². The van der Waals surface area contributed by atoms with Crippen LogP contribution in [0.1, 0.15) is 335 Å². The molecule has 0 aromatic carbocycles. The SMILES string of the molecule is CCCCCCCC/C=C\CCCCCCCC(=O)OC[C@H](COC(=O)CCCCCCCCCCCCCCCCCCCCCCC)OC(=O)CCCCCCCCCCCCCC. The van der Waals surface area contributed by atoms with Crippen molar-refractivity contribution in [3.63, 3.8) is 0 Å². The van der Waals surface area contributed by atoms with Crippen LogP contribution in [0.5, 0.6) is 0 Å². The van der Waals surface area contributed by atoms with Gasteiger partial charge in [-0.1, -0.05) is 283 Å². The molecule has 0 fully saturated rings. The Morgan fingerprint density at radius 1 is 0.288 bits per heavy atom. The lowest BCUT2D eigenvalue weighted by Gasteiger charge is -2.18. The van der Waals surface area contributed by atoms with Gasteiger partial charge in [-0.05, 0) is 44.9 Å². The van der Waals surface area contributed by atoms with Gasteiger partial charge in [0.15, 0.2) is 6.10 Å². The first kappa shape index (κ1) is 64.2. The number of carbonyl (C=O) groups excluding carboxylic acids is 3. The fourth-order valence-electron chi connectivity index (χ4n) is 9.03. The molecular formula is C60H114O6. The van der Waals surface area contributed by atoms with Crippen LogP contribution >= 0.6 is 0 Å². The van der Waals surface area contributed by atoms with Crippen molar-refractivity contribution in [1.29, 1.82) is 0 Å². The van der Waals surface area contributed by atoms with Crippen molar-refractivity contribution in [2.24, 2.45) is 0 Å². The zero-order chi connectivity index (χ0) is 47.9. The van der Waals surface area contributed by atoms with Gasteiger partial charge in [0.1, 0.15) is 13.2 Å². The summed E-state index contributed by atoms with van der Waals surface area (Å²) in [6.45, 7) is 6.68. The highest BCUT2D eigenvalue weighted by Gasteiger charge is 2.19. The molecule has 66 heavy (non-hydrogen) atoms. The Morgan fingerprint density at radius 3 is 0.758 bits per heavy atom. The van der Waals surface area contributed by atoms with Gasteiger partial charge in [0.05, 0.1) is 0 Å². The summed E-state index contributed by atoms with van der Waals surface area (Å²) >= 11 is 0. The summed E-state index contributed by atoms with van der Waals surface area (Å²) in [4.78, 5) is 38.1. The van der Waals surface area contributed by atoms with Gasteiger partial charge in [-0.2, -0.15) is 0 Å². The Labute approximate surface area is 411 Å². The molecule has 0 saturated carbocycles. The number of ether oxygens (including phenoxy) is 3. The monoisotopic (exact) mass is 931 g/mol. The van der Waals surface area contributed by atoms with E-state index in [1.165, 1.54) is 231 Å². The normalized spacial score (nSPS) is 12.0. The molecule has 0 aromatic heterocycles. The number of esters is 3. The van der Waals surface area contributed by atoms with Crippen molar-refractivity contribution in [2.45, 2.75) is 341 Å². The Bertz CT molecular complexity index is 1020. The molecule has 0 amide bonds. The van der Waals surface area contributed by atoms with Gasteiger partial charge in [-0.25, -0.2) is 0 Å². The summed E-state index contributed by atoms with van der Waals surface area (Å²) in [6, 6.07) is 0. The Morgan fingerprint density at radius 2 is 0.500 bits per heavy atom. The smallest absolute Gasteiger partial charge is 0.306 e. The van der Waals surface area contributed by atoms with E-state index in [9.17, 15) is 14.4 Å². The fraction of sp³-hybridized carbons (Fsp3) is 0.917. The zero-order valence-electron chi connectivity index (χ0n) is 44.7. The molecule has 0 spiro atoms. The third kappa shape index (κ3) is 53.1. The maximum Gasteiger partial charge on any atom is 0.306 e. The van der Waals surface area contributed by atoms with E-state index in [1.54, 1.807) is 0 Å². The first-order chi connectivity index (χ1) is 32.5. The van der Waals surface area contributed by atoms with Crippen molar-refractivity contribution in [1.82, 2.24) is 0 Å². The lowest BCUT2D eigenvalue weighted by atomic mass is 10.0. The Balaban J connectivity index is 4.24. The molecular weight excluding hydrogens is 817 g/mol. The standard InChI is InChI=1S/C60H114O6/c1-4-7-10-13-16-19-22-25-27-28-29-30-31-32-34-36-39-41-44-47-50-53-59(62)65-56-57(66-60(63)54-51-48-45-42-37-24-21-18-15-12-9-6-3)55-64-58(61)52-49-46-43-40-38-35-33-26-23-20-17-14-11-8-5-2/h26,33,57H,4-25,27-32,34-56H2,1-3H3/b33-26-/t57-/m1/s1. The fourth-order valence-corrected chi connectivity index (χ4v) is 9.03. The van der Waals surface area contributed by atoms with Gasteiger partial charge in [0.25, 0.3) is 0 Å². The number of carbonyl (C=O) groups is 3. The second kappa shape index (κ2) is 55.7. The van der Waals surface area contributed by atoms with E-state index in [0.29, 0.717) is 19.3 Å². The molecule has 0 unspecified atom stereocenters. The summed E-state index contributed by atoms with van der Waals surface area (Å²) in [6.07, 6.45) is 63.5.